The SMILES string of the molecule is C/C(=C\C(=O)O)c1cccc(C(=O)N2CCCC2)c1. The van der Waals surface area contributed by atoms with Gasteiger partial charge in [-0.3, -0.25) is 4.79 Å². The van der Waals surface area contributed by atoms with Crippen molar-refractivity contribution in [1.29, 1.82) is 0 Å². The van der Waals surface area contributed by atoms with Gasteiger partial charge in [-0.25, -0.2) is 4.79 Å². The van der Waals surface area contributed by atoms with Crippen molar-refractivity contribution in [2.24, 2.45) is 0 Å². The summed E-state index contributed by atoms with van der Waals surface area (Å²) in [5, 5.41) is 8.74. The van der Waals surface area contributed by atoms with E-state index in [1.54, 1.807) is 25.1 Å². The fourth-order valence-corrected chi connectivity index (χ4v) is 2.27. The topological polar surface area (TPSA) is 57.6 Å². The molecule has 0 saturated carbocycles. The van der Waals surface area contributed by atoms with Crippen molar-refractivity contribution in [3.63, 3.8) is 0 Å². The maximum atomic E-state index is 12.2. The molecular formula is C15H17NO3. The molecule has 4 heteroatoms. The summed E-state index contributed by atoms with van der Waals surface area (Å²) in [6.07, 6.45) is 3.27. The number of hydrogen-bond acceptors (Lipinski definition) is 2. The molecular weight excluding hydrogens is 242 g/mol. The van der Waals surface area contributed by atoms with E-state index in [0.717, 1.165) is 37.6 Å². The van der Waals surface area contributed by atoms with Crippen LogP contribution in [-0.2, 0) is 4.79 Å². The van der Waals surface area contributed by atoms with E-state index in [2.05, 4.69) is 0 Å². The Morgan fingerprint density at radius 1 is 1.21 bits per heavy atom. The fraction of sp³-hybridized carbons (Fsp3) is 0.333. The summed E-state index contributed by atoms with van der Waals surface area (Å²) in [5.41, 5.74) is 2.04. The Labute approximate surface area is 112 Å². The first-order chi connectivity index (χ1) is 9.08. The highest BCUT2D eigenvalue weighted by atomic mass is 16.4. The number of hydrogen-bond donors (Lipinski definition) is 1. The van der Waals surface area contributed by atoms with Crippen LogP contribution < -0.4 is 0 Å². The number of carboxylic acid groups (broad SMARTS) is 1. The smallest absolute Gasteiger partial charge is 0.328 e. The summed E-state index contributed by atoms with van der Waals surface area (Å²) < 4.78 is 0. The number of nitrogens with zero attached hydrogens (tertiary/aromatic N) is 1. The molecule has 19 heavy (non-hydrogen) atoms. The average molecular weight is 259 g/mol. The minimum atomic E-state index is -0.978. The summed E-state index contributed by atoms with van der Waals surface area (Å²) in [6, 6.07) is 7.14. The Bertz CT molecular complexity index is 528. The second kappa shape index (κ2) is 5.69. The Morgan fingerprint density at radius 2 is 1.84 bits per heavy atom. The minimum absolute atomic E-state index is 0.0301. The van der Waals surface area contributed by atoms with Crippen LogP contribution in [0.4, 0.5) is 0 Å². The molecule has 1 aromatic carbocycles. The molecule has 1 aromatic rings. The van der Waals surface area contributed by atoms with E-state index in [1.807, 2.05) is 11.0 Å². The zero-order valence-electron chi connectivity index (χ0n) is 10.9. The number of carbonyl (C=O) groups excluding carboxylic acids is 1. The fourth-order valence-electron chi connectivity index (χ4n) is 2.27. The molecule has 0 aliphatic carbocycles. The number of amides is 1. The lowest BCUT2D eigenvalue weighted by atomic mass is 10.0. The van der Waals surface area contributed by atoms with Crippen molar-refractivity contribution in [2.75, 3.05) is 13.1 Å². The molecule has 1 fully saturated rings. The first kappa shape index (κ1) is 13.3. The van der Waals surface area contributed by atoms with Crippen molar-refractivity contribution >= 4 is 17.4 Å². The largest absolute Gasteiger partial charge is 0.478 e. The molecule has 1 amide bonds. The van der Waals surface area contributed by atoms with Gasteiger partial charge in [-0.15, -0.1) is 0 Å². The van der Waals surface area contributed by atoms with Crippen molar-refractivity contribution in [1.82, 2.24) is 4.90 Å². The first-order valence-corrected chi connectivity index (χ1v) is 6.39. The van der Waals surface area contributed by atoms with E-state index in [4.69, 9.17) is 5.11 Å². The standard InChI is InChI=1S/C15H17NO3/c1-11(9-14(17)18)12-5-4-6-13(10-12)15(19)16-7-2-3-8-16/h4-6,9-10H,2-3,7-8H2,1H3,(H,17,18)/b11-9+. The molecule has 1 heterocycles. The van der Waals surface area contributed by atoms with Gasteiger partial charge in [0.2, 0.25) is 0 Å². The van der Waals surface area contributed by atoms with Gasteiger partial charge in [0.05, 0.1) is 0 Å². The van der Waals surface area contributed by atoms with Gasteiger partial charge in [0.15, 0.2) is 0 Å². The monoisotopic (exact) mass is 259 g/mol. The zero-order valence-corrected chi connectivity index (χ0v) is 10.9. The average Bonchev–Trinajstić information content (AvgIpc) is 2.91. The van der Waals surface area contributed by atoms with E-state index in [0.29, 0.717) is 11.1 Å². The molecule has 4 nitrogen and oxygen atoms in total. The molecule has 0 unspecified atom stereocenters. The molecule has 1 saturated heterocycles. The molecule has 0 spiro atoms. The van der Waals surface area contributed by atoms with Crippen molar-refractivity contribution in [3.8, 4) is 0 Å². The maximum absolute atomic E-state index is 12.2. The molecule has 0 bridgehead atoms. The number of rotatable bonds is 3. The molecule has 1 aliphatic heterocycles. The first-order valence-electron chi connectivity index (χ1n) is 6.39. The Balaban J connectivity index is 2.23. The van der Waals surface area contributed by atoms with E-state index in [9.17, 15) is 9.59 Å². The lowest BCUT2D eigenvalue weighted by Crippen LogP contribution is -2.27. The van der Waals surface area contributed by atoms with Gasteiger partial charge >= 0.3 is 5.97 Å². The lowest BCUT2D eigenvalue weighted by molar-refractivity contribution is -0.131. The highest BCUT2D eigenvalue weighted by molar-refractivity contribution is 5.96. The van der Waals surface area contributed by atoms with Gasteiger partial charge in [-0.1, -0.05) is 12.1 Å². The van der Waals surface area contributed by atoms with Gasteiger partial charge in [0.1, 0.15) is 0 Å². The second-order valence-corrected chi connectivity index (χ2v) is 4.75. The summed E-state index contributed by atoms with van der Waals surface area (Å²) in [7, 11) is 0. The number of carbonyl (C=O) groups is 2. The molecule has 2 rings (SSSR count). The maximum Gasteiger partial charge on any atom is 0.328 e. The lowest BCUT2D eigenvalue weighted by Gasteiger charge is -2.15. The third-order valence-corrected chi connectivity index (χ3v) is 3.30. The highest BCUT2D eigenvalue weighted by Gasteiger charge is 2.19. The van der Waals surface area contributed by atoms with E-state index in [-0.39, 0.29) is 5.91 Å². The quantitative estimate of drug-likeness (QED) is 0.848. The molecule has 100 valence electrons. The molecule has 1 N–H and O–H groups in total. The highest BCUT2D eigenvalue weighted by Crippen LogP contribution is 2.18. The van der Waals surface area contributed by atoms with E-state index >= 15 is 0 Å². The van der Waals surface area contributed by atoms with Crippen LogP contribution in [0.5, 0.6) is 0 Å². The summed E-state index contributed by atoms with van der Waals surface area (Å²) in [5.74, 6) is -0.948. The van der Waals surface area contributed by atoms with Crippen molar-refractivity contribution in [3.05, 3.63) is 41.5 Å². The number of benzene rings is 1. The van der Waals surface area contributed by atoms with E-state index < -0.39 is 5.97 Å². The van der Waals surface area contributed by atoms with Crippen molar-refractivity contribution in [2.45, 2.75) is 19.8 Å². The van der Waals surface area contributed by atoms with Crippen LogP contribution in [0.3, 0.4) is 0 Å². The Kier molecular flexibility index (Phi) is 4.00. The number of allylic oxidation sites excluding steroid dienone is 1. The summed E-state index contributed by atoms with van der Waals surface area (Å²) >= 11 is 0. The van der Waals surface area contributed by atoms with Crippen LogP contribution in [0, 0.1) is 0 Å². The Morgan fingerprint density at radius 3 is 2.47 bits per heavy atom. The molecule has 0 atom stereocenters. The van der Waals surface area contributed by atoms with Gasteiger partial charge in [-0.2, -0.15) is 0 Å². The van der Waals surface area contributed by atoms with Crippen LogP contribution >= 0.6 is 0 Å². The minimum Gasteiger partial charge on any atom is -0.478 e. The van der Waals surface area contributed by atoms with Crippen LogP contribution in [-0.4, -0.2) is 35.0 Å². The number of carboxylic acids is 1. The van der Waals surface area contributed by atoms with Crippen LogP contribution in [0.25, 0.3) is 5.57 Å². The Hall–Kier alpha value is -2.10. The van der Waals surface area contributed by atoms with Gasteiger partial charge in [0.25, 0.3) is 5.91 Å². The normalized spacial score (nSPS) is 15.6. The third kappa shape index (κ3) is 3.22. The van der Waals surface area contributed by atoms with Gasteiger partial charge in [-0.05, 0) is 43.0 Å². The molecule has 0 radical (unpaired) electrons. The zero-order chi connectivity index (χ0) is 13.8. The summed E-state index contributed by atoms with van der Waals surface area (Å²) in [6.45, 7) is 3.35. The van der Waals surface area contributed by atoms with Gasteiger partial charge < -0.3 is 10.0 Å². The molecule has 1 aliphatic rings. The van der Waals surface area contributed by atoms with Crippen LogP contribution in [0.2, 0.25) is 0 Å². The van der Waals surface area contributed by atoms with Gasteiger partial charge in [0, 0.05) is 24.7 Å². The van der Waals surface area contributed by atoms with Crippen molar-refractivity contribution < 1.29 is 14.7 Å². The predicted octanol–water partition coefficient (Wildman–Crippen LogP) is 2.41. The molecule has 0 aromatic heterocycles. The third-order valence-electron chi connectivity index (χ3n) is 3.30. The second-order valence-electron chi connectivity index (χ2n) is 4.75. The van der Waals surface area contributed by atoms with E-state index in [1.165, 1.54) is 0 Å². The number of aliphatic carboxylic acids is 1. The predicted molar refractivity (Wildman–Crippen MR) is 72.9 cm³/mol. The summed E-state index contributed by atoms with van der Waals surface area (Å²) in [4.78, 5) is 24.7. The van der Waals surface area contributed by atoms with Crippen LogP contribution in [0.1, 0.15) is 35.7 Å². The van der Waals surface area contributed by atoms with Crippen LogP contribution in [0.15, 0.2) is 30.3 Å². The number of likely N-dealkylation sites (tertiary alicyclic amines) is 1.